The van der Waals surface area contributed by atoms with Crippen molar-refractivity contribution in [3.8, 4) is 6.07 Å². The topological polar surface area (TPSA) is 121 Å². The molecule has 2 amide bonds. The van der Waals surface area contributed by atoms with Crippen LogP contribution < -0.4 is 16.4 Å². The summed E-state index contributed by atoms with van der Waals surface area (Å²) in [5, 5.41) is 15.1. The van der Waals surface area contributed by atoms with Gasteiger partial charge in [-0.05, 0) is 31.0 Å². The van der Waals surface area contributed by atoms with Crippen molar-refractivity contribution in [1.82, 2.24) is 10.3 Å². The molecule has 0 bridgehead atoms. The molecule has 0 saturated carbocycles. The van der Waals surface area contributed by atoms with E-state index in [2.05, 4.69) is 21.7 Å². The number of nitrogens with zero attached hydrogens (tertiary/aromatic N) is 2. The van der Waals surface area contributed by atoms with E-state index >= 15 is 0 Å². The minimum atomic E-state index is -0.438. The Hall–Kier alpha value is -3.05. The van der Waals surface area contributed by atoms with Crippen LogP contribution in [0.25, 0.3) is 0 Å². The molecule has 2 heterocycles. The number of pyridine rings is 1. The van der Waals surface area contributed by atoms with E-state index in [9.17, 15) is 14.9 Å². The number of hydrogen-bond donors (Lipinski definition) is 3. The lowest BCUT2D eigenvalue weighted by molar-refractivity contribution is -0.120. The van der Waals surface area contributed by atoms with Crippen molar-refractivity contribution in [2.24, 2.45) is 0 Å². The molecule has 27 heavy (non-hydrogen) atoms. The summed E-state index contributed by atoms with van der Waals surface area (Å²) < 4.78 is 0. The highest BCUT2D eigenvalue weighted by atomic mass is 32.2. The Labute approximate surface area is 161 Å². The number of hydrogen-bond acceptors (Lipinski definition) is 6. The second kappa shape index (κ2) is 8.56. The van der Waals surface area contributed by atoms with Gasteiger partial charge in [-0.15, -0.1) is 0 Å². The average molecular weight is 381 g/mol. The number of amides is 2. The molecule has 0 radical (unpaired) electrons. The maximum absolute atomic E-state index is 12.5. The molecule has 1 aliphatic rings. The Balaban J connectivity index is 1.83. The maximum Gasteiger partial charge on any atom is 0.259 e. The lowest BCUT2D eigenvalue weighted by Gasteiger charge is -2.14. The van der Waals surface area contributed by atoms with Crippen LogP contribution in [-0.2, 0) is 4.79 Å². The molecule has 1 aromatic carbocycles. The zero-order valence-electron chi connectivity index (χ0n) is 14.6. The Kier molecular flexibility index (Phi) is 5.94. The number of benzene rings is 1. The van der Waals surface area contributed by atoms with Gasteiger partial charge in [0.2, 0.25) is 5.91 Å². The summed E-state index contributed by atoms with van der Waals surface area (Å²) >= 11 is 1.22. The third kappa shape index (κ3) is 4.57. The third-order valence-electron chi connectivity index (χ3n) is 4.15. The highest BCUT2D eigenvalue weighted by molar-refractivity contribution is 8.00. The van der Waals surface area contributed by atoms with Crippen LogP contribution in [0.3, 0.4) is 0 Å². The lowest BCUT2D eigenvalue weighted by atomic mass is 10.2. The van der Waals surface area contributed by atoms with Crippen LogP contribution in [0.15, 0.2) is 41.4 Å². The minimum absolute atomic E-state index is 0.0268. The summed E-state index contributed by atoms with van der Waals surface area (Å²) in [6.07, 6.45) is 2.56. The molecule has 1 fully saturated rings. The van der Waals surface area contributed by atoms with Gasteiger partial charge in [0.05, 0.1) is 16.4 Å². The molecule has 1 aliphatic heterocycles. The van der Waals surface area contributed by atoms with E-state index in [1.807, 2.05) is 6.07 Å². The zero-order valence-corrected chi connectivity index (χ0v) is 15.4. The first-order valence-corrected chi connectivity index (χ1v) is 9.48. The fourth-order valence-corrected chi connectivity index (χ4v) is 3.87. The fraction of sp³-hybridized carbons (Fsp3) is 0.263. The number of nitrogen functional groups attached to an aromatic ring is 1. The smallest absolute Gasteiger partial charge is 0.259 e. The van der Waals surface area contributed by atoms with Crippen LogP contribution in [-0.4, -0.2) is 28.6 Å². The molecule has 1 saturated heterocycles. The van der Waals surface area contributed by atoms with E-state index < -0.39 is 5.91 Å². The molecule has 2 aromatic rings. The monoisotopic (exact) mass is 381 g/mol. The minimum Gasteiger partial charge on any atom is -0.383 e. The number of para-hydroxylation sites is 1. The molecular formula is C19H19N5O2S. The third-order valence-corrected chi connectivity index (χ3v) is 5.42. The van der Waals surface area contributed by atoms with Gasteiger partial charge in [0.15, 0.2) is 0 Å². The Morgan fingerprint density at radius 3 is 2.85 bits per heavy atom. The first-order chi connectivity index (χ1) is 13.1. The zero-order chi connectivity index (χ0) is 19.2. The van der Waals surface area contributed by atoms with Gasteiger partial charge in [-0.25, -0.2) is 4.98 Å². The summed E-state index contributed by atoms with van der Waals surface area (Å²) in [5.41, 5.74) is 6.95. The molecule has 7 nitrogen and oxygen atoms in total. The molecule has 0 spiro atoms. The summed E-state index contributed by atoms with van der Waals surface area (Å²) in [7, 11) is 0. The largest absolute Gasteiger partial charge is 0.383 e. The van der Waals surface area contributed by atoms with Crippen LogP contribution in [0.4, 0.5) is 11.5 Å². The Morgan fingerprint density at radius 1 is 1.33 bits per heavy atom. The molecule has 138 valence electrons. The second-order valence-corrected chi connectivity index (χ2v) is 7.29. The van der Waals surface area contributed by atoms with Crippen LogP contribution in [0.5, 0.6) is 0 Å². The Morgan fingerprint density at radius 2 is 2.11 bits per heavy atom. The van der Waals surface area contributed by atoms with Crippen molar-refractivity contribution in [2.45, 2.75) is 29.5 Å². The highest BCUT2D eigenvalue weighted by Crippen LogP contribution is 2.31. The molecule has 1 unspecified atom stereocenters. The van der Waals surface area contributed by atoms with E-state index in [1.54, 1.807) is 24.3 Å². The number of nitrogens with one attached hydrogen (secondary N) is 2. The first kappa shape index (κ1) is 18.7. The molecule has 1 aromatic heterocycles. The maximum atomic E-state index is 12.5. The van der Waals surface area contributed by atoms with Gasteiger partial charge in [0.1, 0.15) is 16.9 Å². The molecule has 1 atom stereocenters. The van der Waals surface area contributed by atoms with Gasteiger partial charge in [-0.1, -0.05) is 36.4 Å². The number of nitrogens with two attached hydrogens (primary N) is 1. The number of carbonyl (C=O) groups is 2. The number of anilines is 2. The number of carbonyl (C=O) groups excluding carboxylic acids is 2. The van der Waals surface area contributed by atoms with E-state index in [0.717, 1.165) is 12.8 Å². The van der Waals surface area contributed by atoms with E-state index in [4.69, 9.17) is 5.73 Å². The van der Waals surface area contributed by atoms with Crippen molar-refractivity contribution >= 4 is 35.1 Å². The Bertz CT molecular complexity index is 895. The molecular weight excluding hydrogens is 362 g/mol. The number of aromatic nitrogens is 1. The number of rotatable bonds is 4. The summed E-state index contributed by atoms with van der Waals surface area (Å²) in [5.74, 6) is -0.474. The number of nitriles is 1. The van der Waals surface area contributed by atoms with Crippen molar-refractivity contribution in [1.29, 1.82) is 5.26 Å². The molecule has 8 heteroatoms. The van der Waals surface area contributed by atoms with Crippen LogP contribution in [0, 0.1) is 11.3 Å². The van der Waals surface area contributed by atoms with Gasteiger partial charge in [-0.3, -0.25) is 9.59 Å². The summed E-state index contributed by atoms with van der Waals surface area (Å²) in [4.78, 5) is 28.9. The average Bonchev–Trinajstić information content (AvgIpc) is 2.87. The van der Waals surface area contributed by atoms with Crippen LogP contribution >= 0.6 is 11.8 Å². The van der Waals surface area contributed by atoms with Gasteiger partial charge in [0.25, 0.3) is 5.91 Å². The molecule has 3 rings (SSSR count). The van der Waals surface area contributed by atoms with Crippen molar-refractivity contribution in [2.75, 3.05) is 17.6 Å². The van der Waals surface area contributed by atoms with Crippen LogP contribution in [0.1, 0.15) is 35.2 Å². The molecule has 0 aliphatic carbocycles. The van der Waals surface area contributed by atoms with E-state index in [-0.39, 0.29) is 28.1 Å². The van der Waals surface area contributed by atoms with Gasteiger partial charge in [0, 0.05) is 12.2 Å². The van der Waals surface area contributed by atoms with Crippen molar-refractivity contribution < 1.29 is 9.59 Å². The highest BCUT2D eigenvalue weighted by Gasteiger charge is 2.25. The summed E-state index contributed by atoms with van der Waals surface area (Å²) in [6, 6.07) is 12.4. The van der Waals surface area contributed by atoms with Gasteiger partial charge in [-0.2, -0.15) is 5.26 Å². The van der Waals surface area contributed by atoms with Crippen molar-refractivity contribution in [3.05, 3.63) is 47.5 Å². The fourth-order valence-electron chi connectivity index (χ4n) is 2.74. The predicted molar refractivity (Wildman–Crippen MR) is 104 cm³/mol. The van der Waals surface area contributed by atoms with E-state index in [0.29, 0.717) is 23.7 Å². The van der Waals surface area contributed by atoms with Gasteiger partial charge >= 0.3 is 0 Å². The van der Waals surface area contributed by atoms with Gasteiger partial charge < -0.3 is 16.4 Å². The standard InChI is InChI=1S/C19H19N5O2S/c20-11-12-10-14(17(25)23-13-6-2-1-3-7-13)16(21)24-19(12)27-15-8-4-5-9-22-18(15)26/h1-3,6-7,10,15H,4-5,8-9H2,(H2,21,24)(H,22,26)(H,23,25). The molecule has 4 N–H and O–H groups in total. The van der Waals surface area contributed by atoms with Crippen LogP contribution in [0.2, 0.25) is 0 Å². The first-order valence-electron chi connectivity index (χ1n) is 8.60. The van der Waals surface area contributed by atoms with Crippen molar-refractivity contribution in [3.63, 3.8) is 0 Å². The van der Waals surface area contributed by atoms with E-state index in [1.165, 1.54) is 17.8 Å². The second-order valence-electron chi connectivity index (χ2n) is 6.10. The normalized spacial score (nSPS) is 16.7. The lowest BCUT2D eigenvalue weighted by Crippen LogP contribution is -2.30. The SMILES string of the molecule is N#Cc1cc(C(=O)Nc2ccccc2)c(N)nc1SC1CCCCNC1=O. The quantitative estimate of drug-likeness (QED) is 0.748. The number of thioether (sulfide) groups is 1. The predicted octanol–water partition coefficient (Wildman–Crippen LogP) is 2.55. The summed E-state index contributed by atoms with van der Waals surface area (Å²) in [6.45, 7) is 0.662.